The third kappa shape index (κ3) is 3.24. The van der Waals surface area contributed by atoms with Gasteiger partial charge < -0.3 is 25.8 Å². The van der Waals surface area contributed by atoms with Crippen LogP contribution in [0.3, 0.4) is 0 Å². The fourth-order valence-electron chi connectivity index (χ4n) is 5.54. The van der Waals surface area contributed by atoms with Crippen LogP contribution in [0.5, 0.6) is 5.75 Å². The lowest BCUT2D eigenvalue weighted by Gasteiger charge is -2.50. The van der Waals surface area contributed by atoms with Crippen LogP contribution in [0.15, 0.2) is 23.5 Å². The Labute approximate surface area is 205 Å². The highest BCUT2D eigenvalue weighted by Gasteiger charge is 2.64. The lowest BCUT2D eigenvalue weighted by atomic mass is 9.58. The third-order valence-corrected chi connectivity index (χ3v) is 7.46. The Morgan fingerprint density at radius 1 is 1.24 bits per heavy atom. The van der Waals surface area contributed by atoms with Gasteiger partial charge in [0, 0.05) is 28.8 Å². The molecule has 3 aliphatic rings. The molecule has 0 radical (unpaired) electrons. The first-order chi connectivity index (χ1) is 15.3. The molecule has 1 amide bonds. The second kappa shape index (κ2) is 8.23. The first-order valence-corrected chi connectivity index (χ1v) is 10.6. The molecule has 5 atom stereocenters. The van der Waals surface area contributed by atoms with E-state index in [1.54, 1.807) is 6.92 Å². The monoisotopic (exact) mass is 514 g/mol. The molecule has 0 spiro atoms. The van der Waals surface area contributed by atoms with E-state index in [9.17, 15) is 34.5 Å². The number of halogens is 2. The Morgan fingerprint density at radius 2 is 1.85 bits per heavy atom. The number of phenols is 1. The van der Waals surface area contributed by atoms with Gasteiger partial charge in [0.1, 0.15) is 28.2 Å². The molecule has 10 nitrogen and oxygen atoms in total. The largest absolute Gasteiger partial charge is 0.508 e. The highest BCUT2D eigenvalue weighted by Crippen LogP contribution is 2.55. The Morgan fingerprint density at radius 3 is 2.41 bits per heavy atom. The molecular formula is C22H24Cl2N2O8. The molecule has 5 unspecified atom stereocenters. The maximum absolute atomic E-state index is 13.3. The number of nitrogens with two attached hydrogens (primary N) is 1. The molecule has 1 saturated carbocycles. The van der Waals surface area contributed by atoms with E-state index >= 15 is 0 Å². The smallest absolute Gasteiger partial charge is 0.343 e. The van der Waals surface area contributed by atoms with Crippen molar-refractivity contribution in [2.24, 2.45) is 17.6 Å². The van der Waals surface area contributed by atoms with Crippen LogP contribution in [0.4, 0.5) is 0 Å². The van der Waals surface area contributed by atoms with Gasteiger partial charge in [-0.15, -0.1) is 12.4 Å². The van der Waals surface area contributed by atoms with Crippen LogP contribution >= 0.6 is 24.0 Å². The molecule has 2 aliphatic carbocycles. The molecule has 12 heteroatoms. The lowest BCUT2D eigenvalue weighted by Crippen LogP contribution is -2.65. The summed E-state index contributed by atoms with van der Waals surface area (Å²) < 4.78 is 5.63. The molecule has 0 bridgehead atoms. The molecular weight excluding hydrogens is 491 g/mol. The molecule has 0 saturated heterocycles. The van der Waals surface area contributed by atoms with Gasteiger partial charge in [-0.3, -0.25) is 19.3 Å². The number of aliphatic hydroxyl groups excluding tert-OH is 1. The maximum Gasteiger partial charge on any atom is 0.343 e. The molecule has 1 aromatic carbocycles. The van der Waals surface area contributed by atoms with Crippen molar-refractivity contribution in [1.29, 1.82) is 0 Å². The van der Waals surface area contributed by atoms with Crippen molar-refractivity contribution in [2.45, 2.75) is 37.0 Å². The minimum atomic E-state index is -2.52. The van der Waals surface area contributed by atoms with Gasteiger partial charge in [-0.1, -0.05) is 11.6 Å². The number of Topliss-reactive ketones (excluding diaryl/α,β-unsaturated/α-hetero) is 2. The quantitative estimate of drug-likeness (QED) is 0.339. The fourth-order valence-corrected chi connectivity index (χ4v) is 5.89. The fraction of sp³-hybridized carbons (Fsp3) is 0.455. The number of amides is 1. The number of cyclic esters (lactones) is 1. The van der Waals surface area contributed by atoms with Crippen molar-refractivity contribution < 1.29 is 39.2 Å². The summed E-state index contributed by atoms with van der Waals surface area (Å²) >= 11 is 6.35. The standard InChI is InChI=1S/C22H23ClN2O8.ClH/c1-21(15-10(23)4-5-11(26)13(15)20(31)33-21)8-6-9-16(25(2)3)17(28)14(19(24)30)18(29)22(9,32)12(27)7-8;/h4-5,8-9,16,26,29,32H,6-7H2,1-3H3,(H2,24,30);1H. The van der Waals surface area contributed by atoms with Crippen LogP contribution < -0.4 is 5.73 Å². The number of aromatic hydroxyl groups is 1. The van der Waals surface area contributed by atoms with Crippen LogP contribution in [0.1, 0.15) is 35.7 Å². The van der Waals surface area contributed by atoms with Gasteiger partial charge in [0.2, 0.25) is 0 Å². The number of benzene rings is 1. The molecule has 184 valence electrons. The number of likely N-dealkylation sites (N-methyl/N-ethyl adjacent to an activating group) is 1. The highest BCUT2D eigenvalue weighted by atomic mass is 35.5. The molecule has 1 aromatic rings. The van der Waals surface area contributed by atoms with Crippen LogP contribution in [-0.4, -0.2) is 69.4 Å². The van der Waals surface area contributed by atoms with E-state index in [4.69, 9.17) is 22.1 Å². The Hall–Kier alpha value is -2.66. The van der Waals surface area contributed by atoms with Gasteiger partial charge in [-0.05, 0) is 39.6 Å². The van der Waals surface area contributed by atoms with Crippen LogP contribution in [0.25, 0.3) is 0 Å². The average Bonchev–Trinajstić information content (AvgIpc) is 2.99. The number of carbonyl (C=O) groups is 4. The first-order valence-electron chi connectivity index (χ1n) is 10.2. The van der Waals surface area contributed by atoms with Gasteiger partial charge in [0.15, 0.2) is 17.2 Å². The number of fused-ring (bicyclic) bond motifs is 2. The number of hydrogen-bond donors (Lipinski definition) is 4. The Bertz CT molecular complexity index is 1170. The average molecular weight is 515 g/mol. The van der Waals surface area contributed by atoms with Crippen molar-refractivity contribution in [3.05, 3.63) is 39.6 Å². The van der Waals surface area contributed by atoms with Crippen molar-refractivity contribution in [3.63, 3.8) is 0 Å². The van der Waals surface area contributed by atoms with Crippen molar-refractivity contribution >= 4 is 47.5 Å². The zero-order valence-corrected chi connectivity index (χ0v) is 20.1. The van der Waals surface area contributed by atoms with E-state index < -0.39 is 63.9 Å². The predicted molar refractivity (Wildman–Crippen MR) is 121 cm³/mol. The summed E-state index contributed by atoms with van der Waals surface area (Å²) in [6, 6.07) is 1.49. The number of ketones is 2. The molecule has 1 aliphatic heterocycles. The number of primary amides is 1. The van der Waals surface area contributed by atoms with Gasteiger partial charge in [0.05, 0.1) is 6.04 Å². The number of hydrogen-bond acceptors (Lipinski definition) is 9. The van der Waals surface area contributed by atoms with Crippen LogP contribution in [-0.2, 0) is 24.7 Å². The van der Waals surface area contributed by atoms with Crippen molar-refractivity contribution in [3.8, 4) is 5.75 Å². The molecule has 5 N–H and O–H groups in total. The minimum Gasteiger partial charge on any atom is -0.508 e. The zero-order chi connectivity index (χ0) is 24.6. The third-order valence-electron chi connectivity index (χ3n) is 7.15. The van der Waals surface area contributed by atoms with Crippen molar-refractivity contribution in [2.75, 3.05) is 14.1 Å². The Balaban J connectivity index is 0.00000324. The normalized spacial score (nSPS) is 32.8. The summed E-state index contributed by atoms with van der Waals surface area (Å²) in [5.74, 6) is -7.08. The summed E-state index contributed by atoms with van der Waals surface area (Å²) in [4.78, 5) is 52.3. The van der Waals surface area contributed by atoms with E-state index in [1.165, 1.54) is 31.1 Å². The number of ether oxygens (including phenoxy) is 1. The van der Waals surface area contributed by atoms with Gasteiger partial charge in [-0.25, -0.2) is 4.79 Å². The van der Waals surface area contributed by atoms with Gasteiger partial charge in [-0.2, -0.15) is 0 Å². The molecule has 1 fully saturated rings. The maximum atomic E-state index is 13.3. The lowest BCUT2D eigenvalue weighted by molar-refractivity contribution is -0.166. The SMILES string of the molecule is CN(C)C1C(=O)C(C(N)=O)=C(O)C2(O)C(=O)CC(C3(C)OC(=O)c4c(O)ccc(Cl)c43)CC12.Cl. The van der Waals surface area contributed by atoms with E-state index in [0.29, 0.717) is 0 Å². The molecule has 4 rings (SSSR count). The molecule has 1 heterocycles. The number of esters is 1. The predicted octanol–water partition coefficient (Wildman–Crippen LogP) is 0.990. The zero-order valence-electron chi connectivity index (χ0n) is 18.5. The van der Waals surface area contributed by atoms with E-state index in [-0.39, 0.29) is 47.1 Å². The topological polar surface area (TPSA) is 167 Å². The summed E-state index contributed by atoms with van der Waals surface area (Å²) in [5, 5.41) is 32.4. The first kappa shape index (κ1) is 26.0. The number of aliphatic hydroxyl groups is 2. The molecule has 0 aromatic heterocycles. The van der Waals surface area contributed by atoms with Gasteiger partial charge >= 0.3 is 5.97 Å². The van der Waals surface area contributed by atoms with Crippen LogP contribution in [0.2, 0.25) is 5.02 Å². The van der Waals surface area contributed by atoms with Gasteiger partial charge in [0.25, 0.3) is 5.91 Å². The number of nitrogens with zero attached hydrogens (tertiary/aromatic N) is 1. The number of carbonyl (C=O) groups excluding carboxylic acids is 4. The second-order valence-electron chi connectivity index (χ2n) is 9.11. The minimum absolute atomic E-state index is 0. The highest BCUT2D eigenvalue weighted by molar-refractivity contribution is 6.32. The van der Waals surface area contributed by atoms with Crippen molar-refractivity contribution in [1.82, 2.24) is 4.90 Å². The summed E-state index contributed by atoms with van der Waals surface area (Å²) in [7, 11) is 3.05. The Kier molecular flexibility index (Phi) is 6.28. The van der Waals surface area contributed by atoms with E-state index in [1.807, 2.05) is 0 Å². The second-order valence-corrected chi connectivity index (χ2v) is 9.51. The summed E-state index contributed by atoms with van der Waals surface area (Å²) in [5.41, 5.74) is 0.581. The number of rotatable bonds is 3. The van der Waals surface area contributed by atoms with Crippen LogP contribution in [0, 0.1) is 11.8 Å². The molecule has 34 heavy (non-hydrogen) atoms. The summed E-state index contributed by atoms with van der Waals surface area (Å²) in [6.07, 6.45) is -0.422. The summed E-state index contributed by atoms with van der Waals surface area (Å²) in [6.45, 7) is 1.55. The van der Waals surface area contributed by atoms with E-state index in [0.717, 1.165) is 0 Å². The number of phenolic OH excluding ortho intramolecular Hbond substituents is 1. The van der Waals surface area contributed by atoms with E-state index in [2.05, 4.69) is 0 Å².